The Hall–Kier alpha value is -2.98. The van der Waals surface area contributed by atoms with E-state index in [0.717, 1.165) is 21.2 Å². The van der Waals surface area contributed by atoms with Crippen LogP contribution >= 0.6 is 0 Å². The SMILES string of the molecule is C[C@@H](NC(=O)CN1C(=O)N[C@H](CCS(N)(=O)=O)C1=O)c1ccc2ccccc2c1. The molecule has 4 N–H and O–H groups in total. The number of primary sulfonamides is 1. The highest BCUT2D eigenvalue weighted by atomic mass is 32.2. The van der Waals surface area contributed by atoms with E-state index in [1.165, 1.54) is 0 Å². The Morgan fingerprint density at radius 2 is 1.90 bits per heavy atom. The Morgan fingerprint density at radius 1 is 1.21 bits per heavy atom. The molecule has 154 valence electrons. The summed E-state index contributed by atoms with van der Waals surface area (Å²) in [6.45, 7) is 1.36. The summed E-state index contributed by atoms with van der Waals surface area (Å²) in [7, 11) is -3.76. The average molecular weight is 418 g/mol. The van der Waals surface area contributed by atoms with Crippen LogP contribution in [0.5, 0.6) is 0 Å². The van der Waals surface area contributed by atoms with E-state index in [2.05, 4.69) is 10.6 Å². The number of hydrogen-bond acceptors (Lipinski definition) is 5. The van der Waals surface area contributed by atoms with Gasteiger partial charge in [0.2, 0.25) is 15.9 Å². The Morgan fingerprint density at radius 3 is 2.59 bits per heavy atom. The Bertz CT molecular complexity index is 1070. The molecule has 0 bridgehead atoms. The minimum absolute atomic E-state index is 0.144. The van der Waals surface area contributed by atoms with Gasteiger partial charge in [-0.05, 0) is 35.7 Å². The highest BCUT2D eigenvalue weighted by molar-refractivity contribution is 7.89. The monoisotopic (exact) mass is 418 g/mol. The lowest BCUT2D eigenvalue weighted by atomic mass is 10.0. The molecule has 0 radical (unpaired) electrons. The molecule has 1 saturated heterocycles. The van der Waals surface area contributed by atoms with Crippen LogP contribution in [-0.2, 0) is 19.6 Å². The first-order valence-corrected chi connectivity index (χ1v) is 10.8. The van der Waals surface area contributed by atoms with Crippen LogP contribution in [0.15, 0.2) is 42.5 Å². The van der Waals surface area contributed by atoms with Crippen LogP contribution in [0, 0.1) is 0 Å². The van der Waals surface area contributed by atoms with E-state index in [1.54, 1.807) is 0 Å². The fourth-order valence-electron chi connectivity index (χ4n) is 3.20. The average Bonchev–Trinajstić information content (AvgIpc) is 2.93. The highest BCUT2D eigenvalue weighted by Gasteiger charge is 2.39. The molecule has 0 unspecified atom stereocenters. The zero-order chi connectivity index (χ0) is 21.2. The zero-order valence-corrected chi connectivity index (χ0v) is 16.6. The summed E-state index contributed by atoms with van der Waals surface area (Å²) in [6.07, 6.45) is -0.144. The molecule has 4 amide bonds. The number of rotatable bonds is 7. The topological polar surface area (TPSA) is 139 Å². The van der Waals surface area contributed by atoms with Gasteiger partial charge in [-0.15, -0.1) is 0 Å². The van der Waals surface area contributed by atoms with Crippen molar-refractivity contribution in [2.45, 2.75) is 25.4 Å². The van der Waals surface area contributed by atoms with Crippen molar-refractivity contribution < 1.29 is 22.8 Å². The van der Waals surface area contributed by atoms with Crippen molar-refractivity contribution in [2.75, 3.05) is 12.3 Å². The van der Waals surface area contributed by atoms with Gasteiger partial charge in [-0.2, -0.15) is 0 Å². The van der Waals surface area contributed by atoms with E-state index in [9.17, 15) is 22.8 Å². The van der Waals surface area contributed by atoms with E-state index >= 15 is 0 Å². The third-order valence-corrected chi connectivity index (χ3v) is 5.56. The maximum absolute atomic E-state index is 12.4. The summed E-state index contributed by atoms with van der Waals surface area (Å²) >= 11 is 0. The third kappa shape index (κ3) is 5.09. The van der Waals surface area contributed by atoms with Gasteiger partial charge < -0.3 is 10.6 Å². The van der Waals surface area contributed by atoms with Crippen LogP contribution in [0.3, 0.4) is 0 Å². The zero-order valence-electron chi connectivity index (χ0n) is 15.8. The molecule has 1 aliphatic rings. The van der Waals surface area contributed by atoms with Crippen molar-refractivity contribution in [1.82, 2.24) is 15.5 Å². The van der Waals surface area contributed by atoms with E-state index in [4.69, 9.17) is 5.14 Å². The van der Waals surface area contributed by atoms with Gasteiger partial charge in [-0.3, -0.25) is 14.5 Å². The molecule has 0 saturated carbocycles. The van der Waals surface area contributed by atoms with Crippen molar-refractivity contribution in [1.29, 1.82) is 0 Å². The Balaban J connectivity index is 1.60. The number of amides is 4. The molecule has 0 aromatic heterocycles. The lowest BCUT2D eigenvalue weighted by Gasteiger charge is -2.18. The van der Waals surface area contributed by atoms with Crippen molar-refractivity contribution in [2.24, 2.45) is 5.14 Å². The quantitative estimate of drug-likeness (QED) is 0.566. The number of carbonyl (C=O) groups is 3. The summed E-state index contributed by atoms with van der Waals surface area (Å²) in [4.78, 5) is 37.4. The molecule has 2 atom stereocenters. The maximum atomic E-state index is 12.4. The van der Waals surface area contributed by atoms with Crippen molar-refractivity contribution >= 4 is 38.6 Å². The van der Waals surface area contributed by atoms with Crippen molar-refractivity contribution in [3.05, 3.63) is 48.0 Å². The van der Waals surface area contributed by atoms with Gasteiger partial charge in [0.05, 0.1) is 11.8 Å². The smallest absolute Gasteiger partial charge is 0.325 e. The van der Waals surface area contributed by atoms with E-state index in [1.807, 2.05) is 49.4 Å². The second kappa shape index (κ2) is 8.18. The molecule has 0 aliphatic carbocycles. The number of benzene rings is 2. The molecular formula is C19H22N4O5S. The number of urea groups is 1. The molecule has 10 heteroatoms. The number of hydrogen-bond donors (Lipinski definition) is 3. The van der Waals surface area contributed by atoms with E-state index in [-0.39, 0.29) is 12.5 Å². The summed E-state index contributed by atoms with van der Waals surface area (Å²) in [5.74, 6) is -1.59. The molecule has 9 nitrogen and oxygen atoms in total. The molecule has 29 heavy (non-hydrogen) atoms. The Kier molecular flexibility index (Phi) is 5.85. The van der Waals surface area contributed by atoms with E-state index in [0.29, 0.717) is 0 Å². The van der Waals surface area contributed by atoms with Gasteiger partial charge in [0.1, 0.15) is 12.6 Å². The molecule has 1 fully saturated rings. The number of nitrogens with zero attached hydrogens (tertiary/aromatic N) is 1. The maximum Gasteiger partial charge on any atom is 0.325 e. The van der Waals surface area contributed by atoms with Crippen molar-refractivity contribution in [3.8, 4) is 0 Å². The molecule has 2 aromatic carbocycles. The molecule has 0 spiro atoms. The second-order valence-corrected chi connectivity index (χ2v) is 8.71. The van der Waals surface area contributed by atoms with Gasteiger partial charge in [0.15, 0.2) is 0 Å². The number of nitrogens with one attached hydrogen (secondary N) is 2. The first-order valence-electron chi connectivity index (χ1n) is 9.04. The van der Waals surface area contributed by atoms with Gasteiger partial charge in [0.25, 0.3) is 5.91 Å². The number of imide groups is 1. The lowest BCUT2D eigenvalue weighted by molar-refractivity contribution is -0.132. The summed E-state index contributed by atoms with van der Waals surface area (Å²) < 4.78 is 22.1. The van der Waals surface area contributed by atoms with Gasteiger partial charge in [0, 0.05) is 0 Å². The third-order valence-electron chi connectivity index (χ3n) is 4.75. The largest absolute Gasteiger partial charge is 0.348 e. The first-order chi connectivity index (χ1) is 13.6. The number of nitrogens with two attached hydrogens (primary N) is 1. The van der Waals surface area contributed by atoms with Crippen LogP contribution in [0.2, 0.25) is 0 Å². The fraction of sp³-hybridized carbons (Fsp3) is 0.316. The fourth-order valence-corrected chi connectivity index (χ4v) is 3.76. The molecule has 3 rings (SSSR count). The summed E-state index contributed by atoms with van der Waals surface area (Å²) in [6, 6.07) is 11.6. The second-order valence-electron chi connectivity index (χ2n) is 6.98. The first kappa shape index (κ1) is 20.7. The molecule has 2 aromatic rings. The molecule has 1 aliphatic heterocycles. The summed E-state index contributed by atoms with van der Waals surface area (Å²) in [5, 5.41) is 12.2. The minimum atomic E-state index is -3.76. The predicted molar refractivity (Wildman–Crippen MR) is 107 cm³/mol. The van der Waals surface area contributed by atoms with Crippen molar-refractivity contribution in [3.63, 3.8) is 0 Å². The standard InChI is InChI=1S/C19H22N4O5S/c1-12(14-7-6-13-4-2-3-5-15(13)10-14)21-17(24)11-23-18(25)16(22-19(23)26)8-9-29(20,27)28/h2-7,10,12,16H,8-9,11H2,1H3,(H,21,24)(H,22,26)(H2,20,27,28)/t12-,16-/m1/s1. The van der Waals surface area contributed by atoms with Crippen LogP contribution in [0.1, 0.15) is 24.9 Å². The Labute approximate surface area is 168 Å². The number of fused-ring (bicyclic) bond motifs is 1. The van der Waals surface area contributed by atoms with Crippen LogP contribution in [0.25, 0.3) is 10.8 Å². The van der Waals surface area contributed by atoms with Crippen LogP contribution < -0.4 is 15.8 Å². The number of sulfonamides is 1. The van der Waals surface area contributed by atoms with E-state index < -0.39 is 46.2 Å². The lowest BCUT2D eigenvalue weighted by Crippen LogP contribution is -2.42. The van der Waals surface area contributed by atoms with Gasteiger partial charge >= 0.3 is 6.03 Å². The van der Waals surface area contributed by atoms with Gasteiger partial charge in [-0.25, -0.2) is 18.4 Å². The molecule has 1 heterocycles. The summed E-state index contributed by atoms with van der Waals surface area (Å²) in [5.41, 5.74) is 0.889. The highest BCUT2D eigenvalue weighted by Crippen LogP contribution is 2.20. The van der Waals surface area contributed by atoms with Crippen LogP contribution in [-0.4, -0.2) is 49.5 Å². The normalized spacial score (nSPS) is 18.0. The van der Waals surface area contributed by atoms with Gasteiger partial charge in [-0.1, -0.05) is 36.4 Å². The number of carbonyl (C=O) groups excluding carboxylic acids is 3. The molecular weight excluding hydrogens is 396 g/mol. The van der Waals surface area contributed by atoms with Crippen LogP contribution in [0.4, 0.5) is 4.79 Å². The predicted octanol–water partition coefficient (Wildman–Crippen LogP) is 0.616. The minimum Gasteiger partial charge on any atom is -0.348 e.